The van der Waals surface area contributed by atoms with Crippen LogP contribution in [0.2, 0.25) is 0 Å². The fourth-order valence-corrected chi connectivity index (χ4v) is 2.84. The molecule has 2 rings (SSSR count). The molecule has 8 nitrogen and oxygen atoms in total. The van der Waals surface area contributed by atoms with E-state index in [2.05, 4.69) is 46.7 Å². The maximum absolute atomic E-state index is 11.6. The maximum Gasteiger partial charge on any atom is 0.337 e. The van der Waals surface area contributed by atoms with E-state index in [4.69, 9.17) is 10.2 Å². The lowest BCUT2D eigenvalue weighted by atomic mass is 9.85. The third kappa shape index (κ3) is 12.3. The van der Waals surface area contributed by atoms with Gasteiger partial charge in [0, 0.05) is 37.2 Å². The highest BCUT2D eigenvalue weighted by atomic mass is 128. The standard InChI is InChI=1S/C14H18O4.C12H14O4.I2.HI/c1-14(2,3)11-7-9(12(15)17-4)6-10(8-11)13(16)18-5;1-12(2,3)9-5-7(10(13)14)4-8(6-9)11(15)16;1-2;/h6-8H,1-5H3;4-6H,1-3H3,(H,13,14)(H,15,16);;1H. The van der Waals surface area contributed by atoms with Crippen LogP contribution in [0.5, 0.6) is 0 Å². The molecule has 0 atom stereocenters. The van der Waals surface area contributed by atoms with Crippen molar-refractivity contribution in [2.75, 3.05) is 14.2 Å². The summed E-state index contributed by atoms with van der Waals surface area (Å²) < 4.78 is 9.36. The molecule has 0 saturated carbocycles. The second-order valence-corrected chi connectivity index (χ2v) is 9.69. The van der Waals surface area contributed by atoms with E-state index in [9.17, 15) is 19.2 Å². The number of carbonyl (C=O) groups excluding carboxylic acids is 2. The van der Waals surface area contributed by atoms with Crippen LogP contribution in [0, 0.1) is 0 Å². The Labute approximate surface area is 258 Å². The first-order valence-electron chi connectivity index (χ1n) is 10.6. The monoisotopic (exact) mass is 854 g/mol. The zero-order chi connectivity index (χ0) is 28.4. The minimum atomic E-state index is -1.12. The van der Waals surface area contributed by atoms with Gasteiger partial charge in [0.05, 0.1) is 36.5 Å². The van der Waals surface area contributed by atoms with E-state index in [0.29, 0.717) is 16.7 Å². The van der Waals surface area contributed by atoms with Gasteiger partial charge in [0.1, 0.15) is 0 Å². The van der Waals surface area contributed by atoms with Crippen LogP contribution in [0.4, 0.5) is 0 Å². The van der Waals surface area contributed by atoms with Gasteiger partial charge in [-0.25, -0.2) is 19.2 Å². The molecule has 0 amide bonds. The van der Waals surface area contributed by atoms with Crippen molar-refractivity contribution in [3.63, 3.8) is 0 Å². The van der Waals surface area contributed by atoms with Gasteiger partial charge in [-0.15, -0.1) is 24.0 Å². The lowest BCUT2D eigenvalue weighted by Crippen LogP contribution is -2.15. The van der Waals surface area contributed by atoms with Crippen LogP contribution in [0.25, 0.3) is 0 Å². The summed E-state index contributed by atoms with van der Waals surface area (Å²) in [4.78, 5) is 44.9. The fourth-order valence-electron chi connectivity index (χ4n) is 2.84. The number of methoxy groups -OCH3 is 2. The second kappa shape index (κ2) is 16.5. The first-order chi connectivity index (χ1) is 16.5. The molecule has 206 valence electrons. The molecule has 2 N–H and O–H groups in total. The number of rotatable bonds is 4. The Morgan fingerprint density at radius 1 is 0.595 bits per heavy atom. The van der Waals surface area contributed by atoms with Gasteiger partial charge in [0.25, 0.3) is 0 Å². The van der Waals surface area contributed by atoms with E-state index in [-0.39, 0.29) is 45.9 Å². The smallest absolute Gasteiger partial charge is 0.337 e. The molecule has 0 heterocycles. The predicted octanol–water partition coefficient (Wildman–Crippen LogP) is 7.33. The molecule has 0 spiro atoms. The van der Waals surface area contributed by atoms with Crippen LogP contribution in [0.15, 0.2) is 36.4 Å². The van der Waals surface area contributed by atoms with Gasteiger partial charge in [-0.3, -0.25) is 0 Å². The zero-order valence-electron chi connectivity index (χ0n) is 22.0. The number of carboxylic acids is 2. The number of esters is 2. The van der Waals surface area contributed by atoms with Crippen LogP contribution < -0.4 is 0 Å². The van der Waals surface area contributed by atoms with E-state index in [1.807, 2.05) is 41.5 Å². The number of hydrogen-bond donors (Lipinski definition) is 2. The Morgan fingerprint density at radius 3 is 1.05 bits per heavy atom. The molecule has 0 unspecified atom stereocenters. The van der Waals surface area contributed by atoms with E-state index < -0.39 is 23.9 Å². The highest BCUT2D eigenvalue weighted by molar-refractivity contribution is 15.0. The van der Waals surface area contributed by atoms with E-state index in [1.54, 1.807) is 12.1 Å². The van der Waals surface area contributed by atoms with Crippen molar-refractivity contribution >= 4 is 85.1 Å². The van der Waals surface area contributed by atoms with Gasteiger partial charge in [-0.2, -0.15) is 0 Å². The zero-order valence-corrected chi connectivity index (χ0v) is 28.6. The molecular formula is C26H33I3O8. The Balaban J connectivity index is 0. The average Bonchev–Trinajstić information content (AvgIpc) is 2.82. The summed E-state index contributed by atoms with van der Waals surface area (Å²) in [6.07, 6.45) is 0. The SMILES string of the molecule is CC(C)(C)c1cc(C(=O)O)cc(C(=O)O)c1.COC(=O)c1cc(C(=O)OC)cc(C(C)(C)C)c1.I.II. The molecule has 0 radical (unpaired) electrons. The van der Waals surface area contributed by atoms with Crippen molar-refractivity contribution in [3.8, 4) is 0 Å². The summed E-state index contributed by atoms with van der Waals surface area (Å²) in [5, 5.41) is 17.8. The van der Waals surface area contributed by atoms with Crippen LogP contribution in [0.3, 0.4) is 0 Å². The largest absolute Gasteiger partial charge is 0.478 e. The van der Waals surface area contributed by atoms with Crippen molar-refractivity contribution in [2.24, 2.45) is 0 Å². The number of benzene rings is 2. The molecule has 11 heteroatoms. The second-order valence-electron chi connectivity index (χ2n) is 9.69. The van der Waals surface area contributed by atoms with Gasteiger partial charge in [0.15, 0.2) is 0 Å². The van der Waals surface area contributed by atoms with E-state index in [1.165, 1.54) is 38.5 Å². The van der Waals surface area contributed by atoms with Gasteiger partial charge >= 0.3 is 23.9 Å². The van der Waals surface area contributed by atoms with Crippen molar-refractivity contribution in [2.45, 2.75) is 52.4 Å². The summed E-state index contributed by atoms with van der Waals surface area (Å²) in [6.45, 7) is 11.7. The van der Waals surface area contributed by atoms with Gasteiger partial charge < -0.3 is 19.7 Å². The lowest BCUT2D eigenvalue weighted by molar-refractivity contribution is 0.0595. The molecule has 2 aromatic rings. The summed E-state index contributed by atoms with van der Waals surface area (Å²) in [7, 11) is 2.62. The van der Waals surface area contributed by atoms with Crippen molar-refractivity contribution in [1.29, 1.82) is 0 Å². The number of halogens is 3. The molecular weight excluding hydrogens is 821 g/mol. The summed E-state index contributed by atoms with van der Waals surface area (Å²) in [5.74, 6) is -3.17. The molecule has 0 aliphatic heterocycles. The van der Waals surface area contributed by atoms with E-state index >= 15 is 0 Å². The minimum Gasteiger partial charge on any atom is -0.478 e. The van der Waals surface area contributed by atoms with Gasteiger partial charge in [0.2, 0.25) is 0 Å². The normalized spacial score (nSPS) is 10.3. The predicted molar refractivity (Wildman–Crippen MR) is 170 cm³/mol. The Kier molecular flexibility index (Phi) is 16.8. The highest BCUT2D eigenvalue weighted by Gasteiger charge is 2.21. The van der Waals surface area contributed by atoms with Crippen LogP contribution >= 0.6 is 61.2 Å². The highest BCUT2D eigenvalue weighted by Crippen LogP contribution is 2.26. The molecule has 0 saturated heterocycles. The molecule has 0 aromatic heterocycles. The lowest BCUT2D eigenvalue weighted by Gasteiger charge is -2.20. The number of ether oxygens (including phenoxy) is 2. The first-order valence-corrected chi connectivity index (χ1v) is 16.9. The molecule has 0 aliphatic carbocycles. The topological polar surface area (TPSA) is 127 Å². The van der Waals surface area contributed by atoms with Crippen LogP contribution in [-0.4, -0.2) is 48.3 Å². The Morgan fingerprint density at radius 2 is 0.838 bits per heavy atom. The Hall–Kier alpha value is -1.49. The first kappa shape index (κ1) is 37.7. The average molecular weight is 854 g/mol. The van der Waals surface area contributed by atoms with Crippen LogP contribution in [0.1, 0.15) is 94.1 Å². The van der Waals surface area contributed by atoms with Crippen LogP contribution in [-0.2, 0) is 20.3 Å². The van der Waals surface area contributed by atoms with Gasteiger partial charge in [-0.05, 0) is 58.4 Å². The Bertz CT molecular complexity index is 1030. The summed E-state index contributed by atoms with van der Waals surface area (Å²) in [5.41, 5.74) is 1.84. The van der Waals surface area contributed by atoms with Gasteiger partial charge in [-0.1, -0.05) is 41.5 Å². The summed E-state index contributed by atoms with van der Waals surface area (Å²) >= 11 is 4.24. The third-order valence-electron chi connectivity index (χ3n) is 4.93. The quantitative estimate of drug-likeness (QED) is 0.242. The van der Waals surface area contributed by atoms with E-state index in [0.717, 1.165) is 5.56 Å². The summed E-state index contributed by atoms with van der Waals surface area (Å²) in [6, 6.07) is 9.13. The maximum atomic E-state index is 11.6. The molecule has 0 aliphatic rings. The number of carboxylic acid groups (broad SMARTS) is 2. The molecule has 37 heavy (non-hydrogen) atoms. The van der Waals surface area contributed by atoms with Crippen molar-refractivity contribution in [1.82, 2.24) is 0 Å². The number of aromatic carboxylic acids is 2. The third-order valence-corrected chi connectivity index (χ3v) is 4.93. The number of hydrogen-bond acceptors (Lipinski definition) is 6. The van der Waals surface area contributed by atoms with Crippen molar-refractivity contribution in [3.05, 3.63) is 69.8 Å². The molecule has 0 fully saturated rings. The van der Waals surface area contributed by atoms with Crippen molar-refractivity contribution < 1.29 is 38.9 Å². The minimum absolute atomic E-state index is 0. The molecule has 2 aromatic carbocycles. The fraction of sp³-hybridized carbons (Fsp3) is 0.385. The number of carbonyl (C=O) groups is 4. The molecule has 0 bridgehead atoms.